The van der Waals surface area contributed by atoms with E-state index in [0.29, 0.717) is 12.5 Å². The first-order chi connectivity index (χ1) is 9.43. The van der Waals surface area contributed by atoms with Crippen LogP contribution in [0, 0.1) is 12.8 Å². The van der Waals surface area contributed by atoms with Gasteiger partial charge in [-0.1, -0.05) is 36.2 Å². The number of halogens is 1. The maximum Gasteiger partial charge on any atom is 0.328 e. The van der Waals surface area contributed by atoms with Gasteiger partial charge in [0, 0.05) is 16.1 Å². The van der Waals surface area contributed by atoms with E-state index < -0.39 is 5.97 Å². The van der Waals surface area contributed by atoms with Crippen molar-refractivity contribution >= 4 is 28.0 Å². The van der Waals surface area contributed by atoms with Crippen LogP contribution in [0.2, 0.25) is 0 Å². The molecule has 1 rings (SSSR count). The number of rotatable bonds is 7. The predicted octanol–water partition coefficient (Wildman–Crippen LogP) is 4.67. The zero-order valence-electron chi connectivity index (χ0n) is 12.1. The molecule has 0 spiro atoms. The van der Waals surface area contributed by atoms with Gasteiger partial charge in [0.05, 0.1) is 6.61 Å². The highest BCUT2D eigenvalue weighted by atomic mass is 79.9. The summed E-state index contributed by atoms with van der Waals surface area (Å²) in [5.74, 6) is 0.279. The minimum Gasteiger partial charge on any atom is -0.492 e. The zero-order valence-corrected chi connectivity index (χ0v) is 13.7. The Morgan fingerprint density at radius 3 is 2.80 bits per heavy atom. The van der Waals surface area contributed by atoms with Crippen molar-refractivity contribution in [2.75, 3.05) is 6.61 Å². The van der Waals surface area contributed by atoms with Crippen molar-refractivity contribution in [1.82, 2.24) is 0 Å². The molecule has 0 saturated carbocycles. The number of aliphatic carboxylic acids is 1. The zero-order chi connectivity index (χ0) is 15.1. The Labute approximate surface area is 128 Å². The number of carboxylic acid groups (broad SMARTS) is 1. The minimum atomic E-state index is -0.965. The van der Waals surface area contributed by atoms with Crippen molar-refractivity contribution in [3.8, 4) is 5.75 Å². The lowest BCUT2D eigenvalue weighted by atomic mass is 10.1. The maximum atomic E-state index is 10.7. The molecule has 0 amide bonds. The summed E-state index contributed by atoms with van der Waals surface area (Å²) in [4.78, 5) is 10.7. The molecule has 110 valence electrons. The number of hydrogen-bond donors (Lipinski definition) is 1. The first-order valence-corrected chi connectivity index (χ1v) is 7.57. The SMILES string of the molecule is CCCC(C)COc1c(C)cc(Br)cc1/C=C/C(=O)O. The van der Waals surface area contributed by atoms with E-state index in [1.807, 2.05) is 19.1 Å². The van der Waals surface area contributed by atoms with Gasteiger partial charge in [-0.3, -0.25) is 0 Å². The molecule has 0 aliphatic heterocycles. The molecule has 1 N–H and O–H groups in total. The van der Waals surface area contributed by atoms with E-state index in [1.54, 1.807) is 6.08 Å². The number of hydrogen-bond acceptors (Lipinski definition) is 2. The first kappa shape index (κ1) is 16.8. The summed E-state index contributed by atoms with van der Waals surface area (Å²) in [5, 5.41) is 8.75. The minimum absolute atomic E-state index is 0.486. The van der Waals surface area contributed by atoms with Crippen LogP contribution >= 0.6 is 15.9 Å². The second-order valence-corrected chi connectivity index (χ2v) is 5.93. The molecule has 20 heavy (non-hydrogen) atoms. The molecule has 1 unspecified atom stereocenters. The van der Waals surface area contributed by atoms with Crippen LogP contribution in [0.5, 0.6) is 5.75 Å². The summed E-state index contributed by atoms with van der Waals surface area (Å²) in [6.07, 6.45) is 4.95. The molecule has 0 radical (unpaired) electrons. The topological polar surface area (TPSA) is 46.5 Å². The van der Waals surface area contributed by atoms with Crippen molar-refractivity contribution in [1.29, 1.82) is 0 Å². The van der Waals surface area contributed by atoms with Crippen LogP contribution in [0.25, 0.3) is 6.08 Å². The van der Waals surface area contributed by atoms with Gasteiger partial charge in [-0.05, 0) is 43.0 Å². The Morgan fingerprint density at radius 1 is 1.50 bits per heavy atom. The quantitative estimate of drug-likeness (QED) is 0.733. The highest BCUT2D eigenvalue weighted by Gasteiger charge is 2.09. The lowest BCUT2D eigenvalue weighted by Crippen LogP contribution is -2.09. The van der Waals surface area contributed by atoms with Crippen LogP contribution in [-0.2, 0) is 4.79 Å². The number of ether oxygens (including phenoxy) is 1. The van der Waals surface area contributed by atoms with Gasteiger partial charge in [0.2, 0.25) is 0 Å². The van der Waals surface area contributed by atoms with Gasteiger partial charge in [0.15, 0.2) is 0 Å². The van der Waals surface area contributed by atoms with Gasteiger partial charge in [0.1, 0.15) is 5.75 Å². The predicted molar refractivity (Wildman–Crippen MR) is 85.1 cm³/mol. The van der Waals surface area contributed by atoms with Crippen LogP contribution in [0.4, 0.5) is 0 Å². The molecule has 0 aliphatic rings. The normalized spacial score (nSPS) is 12.6. The summed E-state index contributed by atoms with van der Waals surface area (Å²) >= 11 is 3.42. The molecule has 1 atom stereocenters. The molecule has 1 aromatic rings. The van der Waals surface area contributed by atoms with Crippen molar-refractivity contribution in [3.63, 3.8) is 0 Å². The molecule has 0 fully saturated rings. The molecular formula is C16H21BrO3. The molecule has 4 heteroatoms. The average Bonchev–Trinajstić information content (AvgIpc) is 2.35. The standard InChI is InChI=1S/C16H21BrO3/c1-4-5-11(2)10-20-16-12(3)8-14(17)9-13(16)6-7-15(18)19/h6-9,11H,4-5,10H2,1-3H3,(H,18,19)/b7-6+. The highest BCUT2D eigenvalue weighted by molar-refractivity contribution is 9.10. The van der Waals surface area contributed by atoms with Crippen molar-refractivity contribution in [2.24, 2.45) is 5.92 Å². The molecule has 0 aromatic heterocycles. The maximum absolute atomic E-state index is 10.7. The Morgan fingerprint density at radius 2 is 2.20 bits per heavy atom. The lowest BCUT2D eigenvalue weighted by Gasteiger charge is -2.16. The summed E-state index contributed by atoms with van der Waals surface area (Å²) in [7, 11) is 0. The van der Waals surface area contributed by atoms with Gasteiger partial charge in [0.25, 0.3) is 0 Å². The Bertz CT molecular complexity index is 495. The second-order valence-electron chi connectivity index (χ2n) is 5.02. The van der Waals surface area contributed by atoms with Crippen LogP contribution in [0.3, 0.4) is 0 Å². The number of aryl methyl sites for hydroxylation is 1. The van der Waals surface area contributed by atoms with Gasteiger partial charge < -0.3 is 9.84 Å². The third kappa shape index (κ3) is 5.37. The summed E-state index contributed by atoms with van der Waals surface area (Å²) in [6, 6.07) is 3.84. The summed E-state index contributed by atoms with van der Waals surface area (Å²) in [6.45, 7) is 6.92. The van der Waals surface area contributed by atoms with E-state index >= 15 is 0 Å². The smallest absolute Gasteiger partial charge is 0.328 e. The van der Waals surface area contributed by atoms with E-state index in [0.717, 1.165) is 40.3 Å². The van der Waals surface area contributed by atoms with Crippen LogP contribution in [0.1, 0.15) is 37.8 Å². The van der Waals surface area contributed by atoms with Crippen LogP contribution in [0.15, 0.2) is 22.7 Å². The van der Waals surface area contributed by atoms with Crippen molar-refractivity contribution < 1.29 is 14.6 Å². The molecule has 1 aromatic carbocycles. The van der Waals surface area contributed by atoms with Gasteiger partial charge in [-0.15, -0.1) is 0 Å². The van der Waals surface area contributed by atoms with E-state index in [9.17, 15) is 4.79 Å². The number of benzene rings is 1. The van der Waals surface area contributed by atoms with Gasteiger partial charge in [-0.25, -0.2) is 4.79 Å². The van der Waals surface area contributed by atoms with Crippen LogP contribution < -0.4 is 4.74 Å². The highest BCUT2D eigenvalue weighted by Crippen LogP contribution is 2.29. The van der Waals surface area contributed by atoms with E-state index in [4.69, 9.17) is 9.84 Å². The second kappa shape index (κ2) is 8.10. The van der Waals surface area contributed by atoms with E-state index in [2.05, 4.69) is 29.8 Å². The number of carboxylic acids is 1. The Balaban J connectivity index is 2.95. The molecular weight excluding hydrogens is 320 g/mol. The van der Waals surface area contributed by atoms with Gasteiger partial charge >= 0.3 is 5.97 Å². The van der Waals surface area contributed by atoms with E-state index in [1.165, 1.54) is 0 Å². The van der Waals surface area contributed by atoms with Gasteiger partial charge in [-0.2, -0.15) is 0 Å². The third-order valence-corrected chi connectivity index (χ3v) is 3.43. The number of carbonyl (C=O) groups is 1. The first-order valence-electron chi connectivity index (χ1n) is 6.78. The van der Waals surface area contributed by atoms with Crippen molar-refractivity contribution in [2.45, 2.75) is 33.6 Å². The largest absolute Gasteiger partial charge is 0.492 e. The molecule has 3 nitrogen and oxygen atoms in total. The fraction of sp³-hybridized carbons (Fsp3) is 0.438. The fourth-order valence-electron chi connectivity index (χ4n) is 2.04. The van der Waals surface area contributed by atoms with Crippen LogP contribution in [-0.4, -0.2) is 17.7 Å². The Kier molecular flexibility index (Phi) is 6.79. The lowest BCUT2D eigenvalue weighted by molar-refractivity contribution is -0.131. The average molecular weight is 341 g/mol. The molecule has 0 aliphatic carbocycles. The third-order valence-electron chi connectivity index (χ3n) is 2.97. The molecule has 0 heterocycles. The summed E-state index contributed by atoms with van der Waals surface area (Å²) in [5.41, 5.74) is 1.77. The molecule has 0 bridgehead atoms. The summed E-state index contributed by atoms with van der Waals surface area (Å²) < 4.78 is 6.82. The van der Waals surface area contributed by atoms with E-state index in [-0.39, 0.29) is 0 Å². The monoisotopic (exact) mass is 340 g/mol. The Hall–Kier alpha value is -1.29. The molecule has 0 saturated heterocycles. The fourth-order valence-corrected chi connectivity index (χ4v) is 2.63. The van der Waals surface area contributed by atoms with Crippen molar-refractivity contribution in [3.05, 3.63) is 33.8 Å².